The van der Waals surface area contributed by atoms with Crippen LogP contribution >= 0.6 is 0 Å². The lowest BCUT2D eigenvalue weighted by molar-refractivity contribution is -0.148. The van der Waals surface area contributed by atoms with Crippen LogP contribution in [0.4, 0.5) is 5.69 Å². The molecule has 1 aliphatic rings. The van der Waals surface area contributed by atoms with Crippen LogP contribution in [-0.4, -0.2) is 58.4 Å². The largest absolute Gasteiger partial charge is 0.481 e. The zero-order valence-electron chi connectivity index (χ0n) is 19.9. The Morgan fingerprint density at radius 1 is 1.27 bits per heavy atom. The van der Waals surface area contributed by atoms with Gasteiger partial charge in [-0.25, -0.2) is 15.0 Å². The Labute approximate surface area is 195 Å². The molecule has 33 heavy (non-hydrogen) atoms. The molecule has 0 amide bonds. The van der Waals surface area contributed by atoms with Crippen molar-refractivity contribution in [2.75, 3.05) is 24.6 Å². The summed E-state index contributed by atoms with van der Waals surface area (Å²) in [6, 6.07) is 3.09. The molecule has 3 aromatic heterocycles. The molecule has 0 aromatic carbocycles. The number of aromatic nitrogens is 4. The van der Waals surface area contributed by atoms with Gasteiger partial charge in [-0.3, -0.25) is 4.79 Å². The fraction of sp³-hybridized carbons (Fsp3) is 0.500. The average molecular weight is 468 g/mol. The number of anilines is 1. The molecular weight excluding hydrogens is 434 g/mol. The minimum absolute atomic E-state index is 0.415. The maximum Gasteiger partial charge on any atom is 0.311 e. The molecule has 9 heteroatoms. The first kappa shape index (κ1) is 23.4. The smallest absolute Gasteiger partial charge is 0.311 e. The SMILES string of the molecule is CC1(C(=O)O)CCCN(c2ccnc3c2c(-c2cncnc2)cn3COCC[Si](C)(C)C)C1. The molecule has 0 aliphatic carbocycles. The van der Waals surface area contributed by atoms with Crippen LogP contribution in [-0.2, 0) is 16.3 Å². The van der Waals surface area contributed by atoms with Crippen LogP contribution in [0.25, 0.3) is 22.2 Å². The molecule has 1 atom stereocenters. The lowest BCUT2D eigenvalue weighted by atomic mass is 9.81. The Kier molecular flexibility index (Phi) is 6.53. The Morgan fingerprint density at radius 3 is 2.73 bits per heavy atom. The number of piperidine rings is 1. The summed E-state index contributed by atoms with van der Waals surface area (Å²) < 4.78 is 8.07. The molecule has 1 fully saturated rings. The zero-order valence-corrected chi connectivity index (χ0v) is 20.9. The van der Waals surface area contributed by atoms with Crippen molar-refractivity contribution < 1.29 is 14.6 Å². The van der Waals surface area contributed by atoms with Gasteiger partial charge in [0, 0.05) is 69.4 Å². The van der Waals surface area contributed by atoms with Gasteiger partial charge in [-0.15, -0.1) is 0 Å². The number of hydrogen-bond donors (Lipinski definition) is 1. The summed E-state index contributed by atoms with van der Waals surface area (Å²) >= 11 is 0. The van der Waals surface area contributed by atoms with Crippen molar-refractivity contribution in [3.63, 3.8) is 0 Å². The van der Waals surface area contributed by atoms with Crippen molar-refractivity contribution in [2.45, 2.75) is 52.2 Å². The lowest BCUT2D eigenvalue weighted by Gasteiger charge is -2.39. The molecule has 1 unspecified atom stereocenters. The Balaban J connectivity index is 1.74. The fourth-order valence-electron chi connectivity index (χ4n) is 4.38. The summed E-state index contributed by atoms with van der Waals surface area (Å²) in [6.45, 7) is 11.3. The van der Waals surface area contributed by atoms with Gasteiger partial charge >= 0.3 is 5.97 Å². The molecule has 0 radical (unpaired) electrons. The minimum Gasteiger partial charge on any atom is -0.481 e. The monoisotopic (exact) mass is 467 g/mol. The van der Waals surface area contributed by atoms with Crippen LogP contribution < -0.4 is 4.90 Å². The third kappa shape index (κ3) is 5.09. The molecule has 1 aliphatic heterocycles. The molecule has 1 saturated heterocycles. The van der Waals surface area contributed by atoms with E-state index in [4.69, 9.17) is 4.74 Å². The van der Waals surface area contributed by atoms with E-state index in [1.807, 2.05) is 17.6 Å². The second kappa shape index (κ2) is 9.22. The topological polar surface area (TPSA) is 93.4 Å². The number of nitrogens with zero attached hydrogens (tertiary/aromatic N) is 5. The number of carboxylic acid groups (broad SMARTS) is 1. The molecule has 176 valence electrons. The fourth-order valence-corrected chi connectivity index (χ4v) is 5.14. The van der Waals surface area contributed by atoms with Gasteiger partial charge in [0.1, 0.15) is 18.7 Å². The first-order chi connectivity index (χ1) is 15.7. The minimum atomic E-state index is -1.17. The number of carboxylic acids is 1. The van der Waals surface area contributed by atoms with E-state index in [2.05, 4.69) is 45.7 Å². The van der Waals surface area contributed by atoms with Gasteiger partial charge in [0.25, 0.3) is 0 Å². The van der Waals surface area contributed by atoms with Crippen LogP contribution in [0.5, 0.6) is 0 Å². The third-order valence-electron chi connectivity index (χ3n) is 6.39. The van der Waals surface area contributed by atoms with Gasteiger partial charge in [-0.05, 0) is 31.9 Å². The van der Waals surface area contributed by atoms with Crippen LogP contribution in [0.2, 0.25) is 25.7 Å². The average Bonchev–Trinajstić information content (AvgIpc) is 3.15. The highest BCUT2D eigenvalue weighted by molar-refractivity contribution is 6.76. The van der Waals surface area contributed by atoms with E-state index in [-0.39, 0.29) is 0 Å². The van der Waals surface area contributed by atoms with Gasteiger partial charge in [0.05, 0.1) is 10.8 Å². The quantitative estimate of drug-likeness (QED) is 0.385. The highest BCUT2D eigenvalue weighted by atomic mass is 28.3. The van der Waals surface area contributed by atoms with Crippen LogP contribution in [0.3, 0.4) is 0 Å². The maximum atomic E-state index is 12.0. The Morgan fingerprint density at radius 2 is 2.03 bits per heavy atom. The summed E-state index contributed by atoms with van der Waals surface area (Å²) in [5.41, 5.74) is 2.92. The number of pyridine rings is 1. The van der Waals surface area contributed by atoms with Crippen molar-refractivity contribution in [1.29, 1.82) is 0 Å². The second-order valence-electron chi connectivity index (χ2n) is 10.4. The molecule has 4 heterocycles. The van der Waals surface area contributed by atoms with E-state index in [9.17, 15) is 9.90 Å². The van der Waals surface area contributed by atoms with Crippen LogP contribution in [0.1, 0.15) is 19.8 Å². The molecule has 1 N–H and O–H groups in total. The van der Waals surface area contributed by atoms with Crippen molar-refractivity contribution in [2.24, 2.45) is 5.41 Å². The first-order valence-electron chi connectivity index (χ1n) is 11.5. The van der Waals surface area contributed by atoms with E-state index in [1.165, 1.54) is 6.33 Å². The summed E-state index contributed by atoms with van der Waals surface area (Å²) in [4.78, 5) is 27.2. The van der Waals surface area contributed by atoms with E-state index in [1.54, 1.807) is 18.6 Å². The molecule has 3 aromatic rings. The Hall–Kier alpha value is -2.78. The number of fused-ring (bicyclic) bond motifs is 1. The summed E-state index contributed by atoms with van der Waals surface area (Å²) in [6.07, 6.45) is 10.5. The van der Waals surface area contributed by atoms with Gasteiger partial charge < -0.3 is 19.3 Å². The highest BCUT2D eigenvalue weighted by Gasteiger charge is 2.38. The number of aliphatic carboxylic acids is 1. The van der Waals surface area contributed by atoms with E-state index in [0.29, 0.717) is 19.7 Å². The van der Waals surface area contributed by atoms with E-state index >= 15 is 0 Å². The number of ether oxygens (including phenoxy) is 1. The molecule has 0 saturated carbocycles. The Bertz CT molecular complexity index is 1130. The summed E-state index contributed by atoms with van der Waals surface area (Å²) in [5, 5.41) is 10.8. The van der Waals surface area contributed by atoms with Crippen LogP contribution in [0, 0.1) is 5.41 Å². The standard InChI is InChI=1S/C24H33N5O3Si/c1-24(23(30)31)7-5-9-28(15-24)20-6-8-27-22-21(20)19(18-12-25-16-26-13-18)14-29(22)17-32-10-11-33(2,3)4/h6,8,12-14,16H,5,7,9-11,15,17H2,1-4H3,(H,30,31). The lowest BCUT2D eigenvalue weighted by Crippen LogP contribution is -2.46. The van der Waals surface area contributed by atoms with Crippen molar-refractivity contribution in [1.82, 2.24) is 19.5 Å². The maximum absolute atomic E-state index is 12.0. The van der Waals surface area contributed by atoms with E-state index < -0.39 is 19.5 Å². The van der Waals surface area contributed by atoms with Crippen LogP contribution in [0.15, 0.2) is 37.2 Å². The van der Waals surface area contributed by atoms with E-state index in [0.717, 1.165) is 53.5 Å². The van der Waals surface area contributed by atoms with Crippen molar-refractivity contribution in [3.05, 3.63) is 37.2 Å². The second-order valence-corrected chi connectivity index (χ2v) is 16.0. The predicted octanol–water partition coefficient (Wildman–Crippen LogP) is 4.50. The summed E-state index contributed by atoms with van der Waals surface area (Å²) in [7, 11) is -1.17. The molecule has 4 rings (SSSR count). The first-order valence-corrected chi connectivity index (χ1v) is 15.2. The zero-order chi connectivity index (χ0) is 23.6. The normalized spacial score (nSPS) is 19.2. The molecule has 8 nitrogen and oxygen atoms in total. The predicted molar refractivity (Wildman–Crippen MR) is 132 cm³/mol. The van der Waals surface area contributed by atoms with Gasteiger partial charge in [0.15, 0.2) is 0 Å². The number of rotatable bonds is 8. The van der Waals surface area contributed by atoms with Gasteiger partial charge in [0.2, 0.25) is 0 Å². The number of hydrogen-bond acceptors (Lipinski definition) is 6. The van der Waals surface area contributed by atoms with Gasteiger partial charge in [-0.2, -0.15) is 0 Å². The molecule has 0 spiro atoms. The van der Waals surface area contributed by atoms with Gasteiger partial charge in [-0.1, -0.05) is 19.6 Å². The highest BCUT2D eigenvalue weighted by Crippen LogP contribution is 2.39. The number of carbonyl (C=O) groups is 1. The molecule has 0 bridgehead atoms. The molecular formula is C24H33N5O3Si. The summed E-state index contributed by atoms with van der Waals surface area (Å²) in [5.74, 6) is -0.748. The third-order valence-corrected chi connectivity index (χ3v) is 8.09. The van der Waals surface area contributed by atoms with Crippen molar-refractivity contribution >= 4 is 30.8 Å². The van der Waals surface area contributed by atoms with Crippen molar-refractivity contribution in [3.8, 4) is 11.1 Å².